The molecule has 3 rings (SSSR count). The Labute approximate surface area is 136 Å². The molecule has 7 heteroatoms. The van der Waals surface area contributed by atoms with Crippen LogP contribution in [0.2, 0.25) is 0 Å². The molecule has 0 saturated carbocycles. The van der Waals surface area contributed by atoms with E-state index in [-0.39, 0.29) is 11.4 Å². The van der Waals surface area contributed by atoms with E-state index in [1.807, 2.05) is 6.07 Å². The predicted octanol–water partition coefficient (Wildman–Crippen LogP) is 3.62. The van der Waals surface area contributed by atoms with Crippen LogP contribution in [0.4, 0.5) is 14.5 Å². The number of H-pyrrole nitrogens is 1. The third kappa shape index (κ3) is 3.24. The lowest BCUT2D eigenvalue weighted by molar-refractivity contribution is 0.102. The number of aromatic nitrogens is 2. The van der Waals surface area contributed by atoms with Crippen LogP contribution in [0.3, 0.4) is 0 Å². The lowest BCUT2D eigenvalue weighted by Crippen LogP contribution is -2.13. The number of amides is 1. The molecule has 2 aromatic carbocycles. The number of nitrogens with zero attached hydrogens (tertiary/aromatic N) is 1. The normalized spacial score (nSPS) is 10.5. The Bertz CT molecular complexity index is 893. The van der Waals surface area contributed by atoms with Crippen LogP contribution in [0, 0.1) is 11.6 Å². The number of anilines is 1. The molecular formula is C17H13F2N3O2. The monoisotopic (exact) mass is 329 g/mol. The van der Waals surface area contributed by atoms with Crippen LogP contribution in [-0.2, 0) is 0 Å². The van der Waals surface area contributed by atoms with Crippen molar-refractivity contribution in [1.82, 2.24) is 10.2 Å². The molecule has 0 unspecified atom stereocenters. The van der Waals surface area contributed by atoms with Crippen molar-refractivity contribution in [2.45, 2.75) is 0 Å². The van der Waals surface area contributed by atoms with Crippen LogP contribution in [0.1, 0.15) is 10.5 Å². The van der Waals surface area contributed by atoms with Gasteiger partial charge in [0.2, 0.25) is 0 Å². The largest absolute Gasteiger partial charge is 0.497 e. The van der Waals surface area contributed by atoms with E-state index in [2.05, 4.69) is 15.5 Å². The summed E-state index contributed by atoms with van der Waals surface area (Å²) in [5.74, 6) is -1.49. The Kier molecular flexibility index (Phi) is 4.24. The van der Waals surface area contributed by atoms with Crippen LogP contribution >= 0.6 is 0 Å². The quantitative estimate of drug-likeness (QED) is 0.768. The highest BCUT2D eigenvalue weighted by atomic mass is 19.1. The number of rotatable bonds is 4. The highest BCUT2D eigenvalue weighted by Crippen LogP contribution is 2.23. The molecule has 0 bridgehead atoms. The Morgan fingerprint density at radius 1 is 1.17 bits per heavy atom. The smallest absolute Gasteiger partial charge is 0.273 e. The van der Waals surface area contributed by atoms with Gasteiger partial charge in [-0.15, -0.1) is 0 Å². The maximum absolute atomic E-state index is 13.6. The molecule has 0 aliphatic carbocycles. The molecule has 3 aromatic rings. The van der Waals surface area contributed by atoms with Gasteiger partial charge in [0, 0.05) is 11.6 Å². The number of hydrogen-bond acceptors (Lipinski definition) is 3. The summed E-state index contributed by atoms with van der Waals surface area (Å²) in [7, 11) is 1.56. The highest BCUT2D eigenvalue weighted by Gasteiger charge is 2.14. The van der Waals surface area contributed by atoms with E-state index in [0.29, 0.717) is 17.5 Å². The van der Waals surface area contributed by atoms with Gasteiger partial charge < -0.3 is 10.1 Å². The summed E-state index contributed by atoms with van der Waals surface area (Å²) < 4.78 is 31.6. The van der Waals surface area contributed by atoms with Gasteiger partial charge in [-0.3, -0.25) is 9.89 Å². The minimum absolute atomic E-state index is 0.112. The van der Waals surface area contributed by atoms with E-state index in [9.17, 15) is 13.6 Å². The number of methoxy groups -OCH3 is 1. The predicted molar refractivity (Wildman–Crippen MR) is 84.9 cm³/mol. The molecular weight excluding hydrogens is 316 g/mol. The van der Waals surface area contributed by atoms with E-state index in [1.54, 1.807) is 25.3 Å². The molecule has 5 nitrogen and oxygen atoms in total. The fraction of sp³-hybridized carbons (Fsp3) is 0.0588. The number of carbonyl (C=O) groups excluding carboxylic acids is 1. The van der Waals surface area contributed by atoms with Crippen molar-refractivity contribution in [2.24, 2.45) is 0 Å². The lowest BCUT2D eigenvalue weighted by Gasteiger charge is -2.04. The molecule has 0 aliphatic heterocycles. The maximum Gasteiger partial charge on any atom is 0.273 e. The molecule has 0 fully saturated rings. The second-order valence-corrected chi connectivity index (χ2v) is 4.98. The zero-order chi connectivity index (χ0) is 17.1. The van der Waals surface area contributed by atoms with Crippen molar-refractivity contribution in [1.29, 1.82) is 0 Å². The fourth-order valence-electron chi connectivity index (χ4n) is 2.15. The average Bonchev–Trinajstić information content (AvgIpc) is 3.07. The average molecular weight is 329 g/mol. The molecule has 0 aliphatic rings. The van der Waals surface area contributed by atoms with E-state index in [0.717, 1.165) is 17.7 Å². The lowest BCUT2D eigenvalue weighted by atomic mass is 10.1. The zero-order valence-electron chi connectivity index (χ0n) is 12.6. The van der Waals surface area contributed by atoms with E-state index in [1.165, 1.54) is 6.07 Å². The SMILES string of the molecule is COc1cccc(-c2cc(C(=O)Nc3ccc(F)cc3F)[nH]n2)c1. The van der Waals surface area contributed by atoms with Gasteiger partial charge in [0.05, 0.1) is 18.5 Å². The van der Waals surface area contributed by atoms with Crippen LogP contribution in [0.5, 0.6) is 5.75 Å². The summed E-state index contributed by atoms with van der Waals surface area (Å²) in [6, 6.07) is 11.6. The topological polar surface area (TPSA) is 67.0 Å². The zero-order valence-corrected chi connectivity index (χ0v) is 12.6. The number of ether oxygens (including phenoxy) is 1. The molecule has 2 N–H and O–H groups in total. The van der Waals surface area contributed by atoms with Crippen molar-refractivity contribution in [2.75, 3.05) is 12.4 Å². The number of hydrogen-bond donors (Lipinski definition) is 2. The van der Waals surface area contributed by atoms with Gasteiger partial charge in [0.25, 0.3) is 5.91 Å². The molecule has 0 atom stereocenters. The number of benzene rings is 2. The molecule has 0 spiro atoms. The van der Waals surface area contributed by atoms with Gasteiger partial charge in [-0.2, -0.15) is 5.10 Å². The van der Waals surface area contributed by atoms with Crippen LogP contribution in [0.25, 0.3) is 11.3 Å². The number of carbonyl (C=O) groups is 1. The Balaban J connectivity index is 1.80. The molecule has 1 heterocycles. The summed E-state index contributed by atoms with van der Waals surface area (Å²) in [6.07, 6.45) is 0. The Hall–Kier alpha value is -3.22. The number of aromatic amines is 1. The Morgan fingerprint density at radius 2 is 2.00 bits per heavy atom. The summed E-state index contributed by atoms with van der Waals surface area (Å²) >= 11 is 0. The first-order valence-electron chi connectivity index (χ1n) is 7.03. The maximum atomic E-state index is 13.6. The molecule has 1 amide bonds. The summed E-state index contributed by atoms with van der Waals surface area (Å²) in [5.41, 5.74) is 1.34. The molecule has 24 heavy (non-hydrogen) atoms. The van der Waals surface area contributed by atoms with Crippen LogP contribution in [0.15, 0.2) is 48.5 Å². The number of nitrogens with one attached hydrogen (secondary N) is 2. The minimum Gasteiger partial charge on any atom is -0.497 e. The van der Waals surface area contributed by atoms with Crippen LogP contribution in [-0.4, -0.2) is 23.2 Å². The van der Waals surface area contributed by atoms with E-state index < -0.39 is 17.5 Å². The standard InChI is InChI=1S/C17H13F2N3O2/c1-24-12-4-2-3-10(7-12)15-9-16(22-21-15)17(23)20-14-6-5-11(18)8-13(14)19/h2-9H,1H3,(H,20,23)(H,21,22). The van der Waals surface area contributed by atoms with E-state index >= 15 is 0 Å². The summed E-state index contributed by atoms with van der Waals surface area (Å²) in [5, 5.41) is 9.02. The van der Waals surface area contributed by atoms with Gasteiger partial charge in [-0.1, -0.05) is 12.1 Å². The molecule has 122 valence electrons. The van der Waals surface area contributed by atoms with Gasteiger partial charge in [-0.05, 0) is 30.3 Å². The molecule has 0 radical (unpaired) electrons. The third-order valence-electron chi connectivity index (χ3n) is 3.37. The minimum atomic E-state index is -0.851. The van der Waals surface area contributed by atoms with Gasteiger partial charge in [0.15, 0.2) is 0 Å². The van der Waals surface area contributed by atoms with Crippen molar-refractivity contribution in [3.63, 3.8) is 0 Å². The van der Waals surface area contributed by atoms with E-state index in [4.69, 9.17) is 4.74 Å². The second-order valence-electron chi connectivity index (χ2n) is 4.98. The van der Waals surface area contributed by atoms with Crippen LogP contribution < -0.4 is 10.1 Å². The van der Waals surface area contributed by atoms with Gasteiger partial charge in [0.1, 0.15) is 23.1 Å². The second kappa shape index (κ2) is 6.49. The van der Waals surface area contributed by atoms with Gasteiger partial charge in [-0.25, -0.2) is 8.78 Å². The van der Waals surface area contributed by atoms with Crippen molar-refractivity contribution < 1.29 is 18.3 Å². The van der Waals surface area contributed by atoms with Crippen molar-refractivity contribution in [3.05, 3.63) is 65.9 Å². The van der Waals surface area contributed by atoms with Crippen molar-refractivity contribution in [3.8, 4) is 17.0 Å². The van der Waals surface area contributed by atoms with Crippen molar-refractivity contribution >= 4 is 11.6 Å². The summed E-state index contributed by atoms with van der Waals surface area (Å²) in [4.78, 5) is 12.2. The van der Waals surface area contributed by atoms with Gasteiger partial charge >= 0.3 is 0 Å². The first-order chi connectivity index (χ1) is 11.6. The molecule has 1 aromatic heterocycles. The third-order valence-corrected chi connectivity index (χ3v) is 3.37. The Morgan fingerprint density at radius 3 is 2.75 bits per heavy atom. The summed E-state index contributed by atoms with van der Waals surface area (Å²) in [6.45, 7) is 0. The number of halogens is 2. The highest BCUT2D eigenvalue weighted by molar-refractivity contribution is 6.03. The first kappa shape index (κ1) is 15.7. The first-order valence-corrected chi connectivity index (χ1v) is 7.03. The fourth-order valence-corrected chi connectivity index (χ4v) is 2.15. The molecule has 0 saturated heterocycles.